The Kier molecular flexibility index (Phi) is 9.16. The molecule has 0 saturated heterocycles. The molecule has 1 aliphatic carbocycles. The zero-order valence-electron chi connectivity index (χ0n) is 28.0. The molecule has 2 aliphatic rings. The first-order chi connectivity index (χ1) is 24.3. The number of nitrogens with one attached hydrogen (secondary N) is 3. The van der Waals surface area contributed by atoms with E-state index in [9.17, 15) is 19.2 Å². The number of amides is 3. The maximum absolute atomic E-state index is 13.7. The zero-order chi connectivity index (χ0) is 34.8. The molecule has 0 bridgehead atoms. The Labute approximate surface area is 288 Å². The number of carbonyl (C=O) groups excluding carboxylic acids is 3. The number of fused-ring (bicyclic) bond motifs is 2. The first-order valence-electron chi connectivity index (χ1n) is 17.0. The van der Waals surface area contributed by atoms with Crippen molar-refractivity contribution in [3.05, 3.63) is 123 Å². The molecule has 0 radical (unpaired) electrons. The molecular formula is C38H39N7O5. The van der Waals surface area contributed by atoms with Gasteiger partial charge in [0, 0.05) is 43.0 Å². The Morgan fingerprint density at radius 1 is 1.02 bits per heavy atom. The summed E-state index contributed by atoms with van der Waals surface area (Å²) in [7, 11) is 0. The topological polar surface area (TPSA) is 151 Å². The van der Waals surface area contributed by atoms with Crippen molar-refractivity contribution >= 4 is 28.9 Å². The number of H-pyrrole nitrogens is 1. The predicted octanol–water partition coefficient (Wildman–Crippen LogP) is 4.62. The average Bonchev–Trinajstić information content (AvgIpc) is 3.89. The smallest absolute Gasteiger partial charge is 0.274 e. The highest BCUT2D eigenvalue weighted by Gasteiger charge is 2.33. The summed E-state index contributed by atoms with van der Waals surface area (Å²) in [4.78, 5) is 68.2. The van der Waals surface area contributed by atoms with Crippen LogP contribution in [-0.2, 0) is 24.5 Å². The highest BCUT2D eigenvalue weighted by molar-refractivity contribution is 6.04. The van der Waals surface area contributed by atoms with Crippen molar-refractivity contribution in [3.63, 3.8) is 0 Å². The van der Waals surface area contributed by atoms with Crippen LogP contribution in [0.15, 0.2) is 83.9 Å². The lowest BCUT2D eigenvalue weighted by molar-refractivity contribution is -0.121. The minimum absolute atomic E-state index is 0.00245. The van der Waals surface area contributed by atoms with Gasteiger partial charge in [-0.3, -0.25) is 19.2 Å². The van der Waals surface area contributed by atoms with E-state index < -0.39 is 11.5 Å². The molecule has 3 amide bonds. The average molecular weight is 674 g/mol. The summed E-state index contributed by atoms with van der Waals surface area (Å²) in [5, 5.41) is 5.95. The number of nitrogens with zero attached hydrogens (tertiary/aromatic N) is 4. The van der Waals surface area contributed by atoms with Crippen molar-refractivity contribution in [2.24, 2.45) is 0 Å². The van der Waals surface area contributed by atoms with E-state index in [0.717, 1.165) is 29.7 Å². The van der Waals surface area contributed by atoms with E-state index >= 15 is 0 Å². The number of aromatic nitrogens is 4. The van der Waals surface area contributed by atoms with Crippen LogP contribution in [0.1, 0.15) is 88.4 Å². The van der Waals surface area contributed by atoms with Crippen LogP contribution in [0.25, 0.3) is 11.2 Å². The monoisotopic (exact) mass is 673 g/mol. The standard InChI is InChI=1S/C38H39N7O5/c1-23(2)44-15-16-45-27(17-31(46)35(34(45)38(44)49)50-22-24-9-5-3-6-10-24)19-39-32(47)18-29(25-11-7-4-8-12-25)43-37(48)28-20-40-36-33(28)42-30(21-41-36)26-13-14-26/h3-12,17,20-21,23,26,29H,13-16,18-19,22H2,1-2H3,(H,39,47)(H,40,41)(H,43,48)/t29-/m0/s1. The lowest BCUT2D eigenvalue weighted by Gasteiger charge is -2.35. The molecule has 1 saturated carbocycles. The van der Waals surface area contributed by atoms with Gasteiger partial charge in [0.25, 0.3) is 11.8 Å². The number of ether oxygens (including phenoxy) is 1. The summed E-state index contributed by atoms with van der Waals surface area (Å²) in [6.45, 7) is 4.89. The van der Waals surface area contributed by atoms with Crippen molar-refractivity contribution in [2.75, 3.05) is 6.54 Å². The SMILES string of the molecule is CC(C)N1CCn2c(CNC(=O)C[C@H](NC(=O)c3c[nH]c4ncc(C5CC5)nc34)c3ccccc3)cc(=O)c(OCc3ccccc3)c2C1=O. The van der Waals surface area contributed by atoms with Gasteiger partial charge in [-0.25, -0.2) is 9.97 Å². The second-order valence-corrected chi connectivity index (χ2v) is 13.1. The van der Waals surface area contributed by atoms with Gasteiger partial charge >= 0.3 is 0 Å². The summed E-state index contributed by atoms with van der Waals surface area (Å²) >= 11 is 0. The summed E-state index contributed by atoms with van der Waals surface area (Å²) in [5.74, 6) is -0.633. The number of hydrogen-bond acceptors (Lipinski definition) is 7. The number of benzene rings is 2. The molecule has 12 heteroatoms. The minimum atomic E-state index is -0.653. The molecule has 7 rings (SSSR count). The molecule has 12 nitrogen and oxygen atoms in total. The van der Waals surface area contributed by atoms with Crippen LogP contribution in [-0.4, -0.2) is 54.7 Å². The maximum atomic E-state index is 13.7. The number of aromatic amines is 1. The molecule has 3 N–H and O–H groups in total. The molecule has 5 aromatic rings. The summed E-state index contributed by atoms with van der Waals surface area (Å²) in [6, 6.07) is 19.4. The summed E-state index contributed by atoms with van der Waals surface area (Å²) in [6.07, 6.45) is 5.41. The van der Waals surface area contributed by atoms with E-state index in [4.69, 9.17) is 9.72 Å². The van der Waals surface area contributed by atoms with Gasteiger partial charge in [-0.15, -0.1) is 0 Å². The quantitative estimate of drug-likeness (QED) is 0.175. The molecule has 0 unspecified atom stereocenters. The Morgan fingerprint density at radius 2 is 1.76 bits per heavy atom. The van der Waals surface area contributed by atoms with Gasteiger partial charge in [0.1, 0.15) is 12.1 Å². The van der Waals surface area contributed by atoms with Gasteiger partial charge in [-0.1, -0.05) is 60.7 Å². The van der Waals surface area contributed by atoms with E-state index in [1.807, 2.05) is 74.5 Å². The van der Waals surface area contributed by atoms with E-state index in [2.05, 4.69) is 20.6 Å². The predicted molar refractivity (Wildman–Crippen MR) is 187 cm³/mol. The van der Waals surface area contributed by atoms with Crippen molar-refractivity contribution in [1.82, 2.24) is 35.1 Å². The van der Waals surface area contributed by atoms with Crippen molar-refractivity contribution in [1.29, 1.82) is 0 Å². The Balaban J connectivity index is 1.10. The molecular weight excluding hydrogens is 634 g/mol. The van der Waals surface area contributed by atoms with Crippen LogP contribution in [0.5, 0.6) is 5.75 Å². The van der Waals surface area contributed by atoms with Gasteiger partial charge in [-0.2, -0.15) is 0 Å². The van der Waals surface area contributed by atoms with Crippen LogP contribution in [0.2, 0.25) is 0 Å². The molecule has 1 aliphatic heterocycles. The fraction of sp³-hybridized carbons (Fsp3) is 0.316. The molecule has 2 aromatic carbocycles. The van der Waals surface area contributed by atoms with E-state index in [0.29, 0.717) is 41.4 Å². The van der Waals surface area contributed by atoms with Gasteiger partial charge in [0.15, 0.2) is 17.1 Å². The van der Waals surface area contributed by atoms with Crippen LogP contribution in [0, 0.1) is 0 Å². The molecule has 1 atom stereocenters. The molecule has 1 fully saturated rings. The highest BCUT2D eigenvalue weighted by Crippen LogP contribution is 2.39. The number of pyridine rings is 1. The van der Waals surface area contributed by atoms with Gasteiger partial charge < -0.3 is 29.8 Å². The van der Waals surface area contributed by atoms with E-state index in [1.54, 1.807) is 21.9 Å². The third kappa shape index (κ3) is 6.87. The lowest BCUT2D eigenvalue weighted by Crippen LogP contribution is -2.46. The van der Waals surface area contributed by atoms with Crippen LogP contribution in [0.3, 0.4) is 0 Å². The highest BCUT2D eigenvalue weighted by atomic mass is 16.5. The van der Waals surface area contributed by atoms with Crippen molar-refractivity contribution in [2.45, 2.75) is 70.8 Å². The molecule has 50 heavy (non-hydrogen) atoms. The lowest BCUT2D eigenvalue weighted by atomic mass is 10.0. The van der Waals surface area contributed by atoms with Gasteiger partial charge in [-0.05, 0) is 37.8 Å². The second-order valence-electron chi connectivity index (χ2n) is 13.1. The van der Waals surface area contributed by atoms with Gasteiger partial charge in [0.2, 0.25) is 11.3 Å². The minimum Gasteiger partial charge on any atom is -0.483 e. The Hall–Kier alpha value is -5.78. The van der Waals surface area contributed by atoms with E-state index in [-0.39, 0.29) is 54.8 Å². The van der Waals surface area contributed by atoms with Crippen LogP contribution in [0.4, 0.5) is 0 Å². The molecule has 3 aromatic heterocycles. The number of carbonyl (C=O) groups is 3. The van der Waals surface area contributed by atoms with Gasteiger partial charge in [0.05, 0.1) is 36.5 Å². The zero-order valence-corrected chi connectivity index (χ0v) is 28.0. The first kappa shape index (κ1) is 32.8. The van der Waals surface area contributed by atoms with Crippen molar-refractivity contribution < 1.29 is 19.1 Å². The van der Waals surface area contributed by atoms with Crippen LogP contribution >= 0.6 is 0 Å². The van der Waals surface area contributed by atoms with E-state index in [1.165, 1.54) is 6.07 Å². The first-order valence-corrected chi connectivity index (χ1v) is 17.0. The fourth-order valence-electron chi connectivity index (χ4n) is 6.37. The summed E-state index contributed by atoms with van der Waals surface area (Å²) in [5.41, 5.74) is 4.12. The molecule has 4 heterocycles. The molecule has 0 spiro atoms. The number of rotatable bonds is 12. The second kappa shape index (κ2) is 14.0. The fourth-order valence-corrected chi connectivity index (χ4v) is 6.37. The largest absolute Gasteiger partial charge is 0.483 e. The normalized spacial score (nSPS) is 14.8. The maximum Gasteiger partial charge on any atom is 0.274 e. The summed E-state index contributed by atoms with van der Waals surface area (Å²) < 4.78 is 7.77. The Bertz CT molecular complexity index is 2110. The number of hydrogen-bond donors (Lipinski definition) is 3. The third-order valence-electron chi connectivity index (χ3n) is 9.23. The third-order valence-corrected chi connectivity index (χ3v) is 9.23. The van der Waals surface area contributed by atoms with Crippen molar-refractivity contribution in [3.8, 4) is 5.75 Å². The Morgan fingerprint density at radius 3 is 2.48 bits per heavy atom. The molecule has 256 valence electrons. The van der Waals surface area contributed by atoms with Crippen LogP contribution < -0.4 is 20.8 Å².